The average molecular weight is 378 g/mol. The van der Waals surface area contributed by atoms with Crippen LogP contribution in [0.25, 0.3) is 0 Å². The summed E-state index contributed by atoms with van der Waals surface area (Å²) in [6.07, 6.45) is -0.686. The van der Waals surface area contributed by atoms with Crippen LogP contribution in [0.5, 0.6) is 0 Å². The Balaban J connectivity index is 2.65. The minimum atomic E-state index is -1.47. The van der Waals surface area contributed by atoms with E-state index in [-0.39, 0.29) is 0 Å². The number of carbonyl (C=O) groups is 3. The molecule has 0 saturated heterocycles. The van der Waals surface area contributed by atoms with Gasteiger partial charge in [0.25, 0.3) is 0 Å². The third kappa shape index (κ3) is 5.12. The summed E-state index contributed by atoms with van der Waals surface area (Å²) in [6.45, 7) is 0. The van der Waals surface area contributed by atoms with Gasteiger partial charge in [-0.05, 0) is 34.7 Å². The minimum Gasteiger partial charge on any atom is -0.481 e. The molecule has 0 saturated carbocycles. The first-order valence-electron chi connectivity index (χ1n) is 5.17. The molecule has 0 unspecified atom stereocenters. The number of carboxylic acids is 2. The van der Waals surface area contributed by atoms with Gasteiger partial charge in [-0.2, -0.15) is 0 Å². The number of amides is 2. The number of halogens is 1. The van der Waals surface area contributed by atoms with Crippen molar-refractivity contribution in [3.63, 3.8) is 0 Å². The van der Waals surface area contributed by atoms with Crippen LogP contribution in [0.4, 0.5) is 10.5 Å². The van der Waals surface area contributed by atoms with Gasteiger partial charge in [0.05, 0.1) is 12.1 Å². The molecule has 7 nitrogen and oxygen atoms in total. The fourth-order valence-electron chi connectivity index (χ4n) is 1.25. The lowest BCUT2D eigenvalue weighted by Gasteiger charge is -2.13. The highest BCUT2D eigenvalue weighted by molar-refractivity contribution is 14.1. The lowest BCUT2D eigenvalue weighted by Crippen LogP contribution is -2.44. The van der Waals surface area contributed by atoms with E-state index in [9.17, 15) is 14.4 Å². The van der Waals surface area contributed by atoms with E-state index < -0.39 is 30.4 Å². The second kappa shape index (κ2) is 6.92. The molecule has 2 amide bonds. The van der Waals surface area contributed by atoms with Gasteiger partial charge in [0.1, 0.15) is 6.04 Å². The molecule has 0 heterocycles. The summed E-state index contributed by atoms with van der Waals surface area (Å²) < 4.78 is 0.778. The van der Waals surface area contributed by atoms with E-state index in [1.54, 1.807) is 24.3 Å². The van der Waals surface area contributed by atoms with Crippen LogP contribution in [-0.2, 0) is 9.59 Å². The van der Waals surface area contributed by atoms with Crippen LogP contribution in [0.2, 0.25) is 0 Å². The molecule has 4 N–H and O–H groups in total. The summed E-state index contributed by atoms with van der Waals surface area (Å²) in [5.41, 5.74) is 0.514. The van der Waals surface area contributed by atoms with Crippen molar-refractivity contribution in [3.8, 4) is 0 Å². The Bertz CT molecular complexity index is 506. The molecule has 0 aromatic heterocycles. The maximum Gasteiger partial charge on any atom is 0.326 e. The Morgan fingerprint density at radius 1 is 1.21 bits per heavy atom. The monoisotopic (exact) mass is 378 g/mol. The van der Waals surface area contributed by atoms with Gasteiger partial charge in [0, 0.05) is 3.57 Å². The predicted molar refractivity (Wildman–Crippen MR) is 75.0 cm³/mol. The van der Waals surface area contributed by atoms with E-state index in [2.05, 4.69) is 10.6 Å². The molecule has 0 aliphatic carbocycles. The molecule has 0 bridgehead atoms. The van der Waals surface area contributed by atoms with E-state index >= 15 is 0 Å². The lowest BCUT2D eigenvalue weighted by atomic mass is 10.2. The van der Waals surface area contributed by atoms with Gasteiger partial charge in [-0.25, -0.2) is 9.59 Å². The molecular weight excluding hydrogens is 367 g/mol. The zero-order chi connectivity index (χ0) is 14.4. The zero-order valence-electron chi connectivity index (χ0n) is 9.59. The van der Waals surface area contributed by atoms with Crippen LogP contribution in [0, 0.1) is 3.57 Å². The first kappa shape index (κ1) is 15.2. The second-order valence-electron chi connectivity index (χ2n) is 3.57. The summed E-state index contributed by atoms with van der Waals surface area (Å²) >= 11 is 2.01. The molecule has 1 aromatic rings. The lowest BCUT2D eigenvalue weighted by molar-refractivity contribution is -0.145. The fourth-order valence-corrected chi connectivity index (χ4v) is 1.78. The Morgan fingerprint density at radius 2 is 1.84 bits per heavy atom. The number of hydrogen-bond donors (Lipinski definition) is 4. The highest BCUT2D eigenvalue weighted by Gasteiger charge is 2.23. The van der Waals surface area contributed by atoms with Crippen LogP contribution >= 0.6 is 22.6 Å². The number of carbonyl (C=O) groups excluding carboxylic acids is 1. The quantitative estimate of drug-likeness (QED) is 0.578. The minimum absolute atomic E-state index is 0.514. The summed E-state index contributed by atoms with van der Waals surface area (Å²) in [6, 6.07) is 4.67. The molecule has 1 aromatic carbocycles. The first-order chi connectivity index (χ1) is 8.90. The first-order valence-corrected chi connectivity index (χ1v) is 6.24. The van der Waals surface area contributed by atoms with E-state index in [0.717, 1.165) is 3.57 Å². The van der Waals surface area contributed by atoms with Crippen LogP contribution in [0.3, 0.4) is 0 Å². The number of rotatable bonds is 5. The molecule has 8 heteroatoms. The van der Waals surface area contributed by atoms with Crippen molar-refractivity contribution in [2.24, 2.45) is 0 Å². The predicted octanol–water partition coefficient (Wildman–Crippen LogP) is 1.34. The summed E-state index contributed by atoms with van der Waals surface area (Å²) in [7, 11) is 0. The number of anilines is 1. The maximum absolute atomic E-state index is 11.6. The molecule has 102 valence electrons. The number of aliphatic carboxylic acids is 2. The second-order valence-corrected chi connectivity index (χ2v) is 4.73. The molecule has 0 aliphatic heterocycles. The summed E-state index contributed by atoms with van der Waals surface area (Å²) in [4.78, 5) is 32.8. The average Bonchev–Trinajstić information content (AvgIpc) is 2.30. The zero-order valence-corrected chi connectivity index (χ0v) is 11.7. The van der Waals surface area contributed by atoms with Gasteiger partial charge in [-0.1, -0.05) is 12.1 Å². The van der Waals surface area contributed by atoms with Crippen molar-refractivity contribution >= 4 is 46.2 Å². The van der Waals surface area contributed by atoms with Crippen LogP contribution in [0.1, 0.15) is 6.42 Å². The molecule has 0 radical (unpaired) electrons. The largest absolute Gasteiger partial charge is 0.481 e. The number of nitrogens with one attached hydrogen (secondary N) is 2. The van der Waals surface area contributed by atoms with Crippen LogP contribution < -0.4 is 10.6 Å². The van der Waals surface area contributed by atoms with Crippen molar-refractivity contribution in [2.75, 3.05) is 5.32 Å². The molecule has 0 fully saturated rings. The van der Waals surface area contributed by atoms with E-state index in [1.807, 2.05) is 22.6 Å². The third-order valence-corrected chi connectivity index (χ3v) is 3.04. The molecular formula is C11H11IN2O5. The number of benzene rings is 1. The van der Waals surface area contributed by atoms with Crippen LogP contribution in [0.15, 0.2) is 24.3 Å². The summed E-state index contributed by atoms with van der Waals surface area (Å²) in [5, 5.41) is 21.9. The molecule has 1 atom stereocenters. The highest BCUT2D eigenvalue weighted by Crippen LogP contribution is 2.16. The van der Waals surface area contributed by atoms with Crippen molar-refractivity contribution in [1.82, 2.24) is 5.32 Å². The van der Waals surface area contributed by atoms with E-state index in [1.165, 1.54) is 0 Å². The van der Waals surface area contributed by atoms with Gasteiger partial charge in [-0.15, -0.1) is 0 Å². The standard InChI is InChI=1S/C11H11IN2O5/c12-6-3-1-2-4-7(6)13-11(19)14-8(10(17)18)5-9(15)16/h1-4,8H,5H2,(H,15,16)(H,17,18)(H2,13,14,19)/t8-/m0/s1. The van der Waals surface area contributed by atoms with Gasteiger partial charge in [0.2, 0.25) is 0 Å². The number of hydrogen-bond acceptors (Lipinski definition) is 3. The highest BCUT2D eigenvalue weighted by atomic mass is 127. The molecule has 0 aliphatic rings. The van der Waals surface area contributed by atoms with Gasteiger partial charge < -0.3 is 20.8 Å². The maximum atomic E-state index is 11.6. The fraction of sp³-hybridized carbons (Fsp3) is 0.182. The van der Waals surface area contributed by atoms with Crippen molar-refractivity contribution in [3.05, 3.63) is 27.8 Å². The smallest absolute Gasteiger partial charge is 0.326 e. The van der Waals surface area contributed by atoms with Gasteiger partial charge in [0.15, 0.2) is 0 Å². The number of para-hydroxylation sites is 1. The van der Waals surface area contributed by atoms with Gasteiger partial charge in [-0.3, -0.25) is 4.79 Å². The molecule has 0 spiro atoms. The Labute approximate surface area is 122 Å². The van der Waals surface area contributed by atoms with E-state index in [4.69, 9.17) is 10.2 Å². The number of urea groups is 1. The Hall–Kier alpha value is -1.84. The van der Waals surface area contributed by atoms with E-state index in [0.29, 0.717) is 5.69 Å². The molecule has 19 heavy (non-hydrogen) atoms. The Morgan fingerprint density at radius 3 is 2.37 bits per heavy atom. The third-order valence-electron chi connectivity index (χ3n) is 2.10. The van der Waals surface area contributed by atoms with Crippen LogP contribution in [-0.4, -0.2) is 34.2 Å². The number of carboxylic acid groups (broad SMARTS) is 2. The topological polar surface area (TPSA) is 116 Å². The SMILES string of the molecule is O=C(O)C[C@H](NC(=O)Nc1ccccc1I)C(=O)O. The van der Waals surface area contributed by atoms with Gasteiger partial charge >= 0.3 is 18.0 Å². The summed E-state index contributed by atoms with van der Waals surface area (Å²) in [5.74, 6) is -2.71. The molecule has 1 rings (SSSR count). The normalized spacial score (nSPS) is 11.4. The Kier molecular flexibility index (Phi) is 5.55. The van der Waals surface area contributed by atoms with Crippen molar-refractivity contribution in [2.45, 2.75) is 12.5 Å². The van der Waals surface area contributed by atoms with Crippen molar-refractivity contribution in [1.29, 1.82) is 0 Å². The van der Waals surface area contributed by atoms with Crippen molar-refractivity contribution < 1.29 is 24.6 Å².